The van der Waals surface area contributed by atoms with Crippen LogP contribution < -0.4 is 4.74 Å². The molecular weight excluding hydrogens is 389 g/mol. The zero-order chi connectivity index (χ0) is 21.0. The second-order valence-corrected chi connectivity index (χ2v) is 8.69. The molecule has 0 spiro atoms. The van der Waals surface area contributed by atoms with Crippen molar-refractivity contribution in [1.29, 1.82) is 0 Å². The molecule has 156 valence electrons. The number of hydrogen-bond donors (Lipinski definition) is 0. The van der Waals surface area contributed by atoms with Crippen LogP contribution in [0.1, 0.15) is 50.7 Å². The lowest BCUT2D eigenvalue weighted by Gasteiger charge is -2.31. The minimum absolute atomic E-state index is 0.0942. The number of carbonyl (C=O) groups excluding carboxylic acids is 1. The molecule has 29 heavy (non-hydrogen) atoms. The summed E-state index contributed by atoms with van der Waals surface area (Å²) in [7, 11) is 0. The Labute approximate surface area is 176 Å². The van der Waals surface area contributed by atoms with Crippen molar-refractivity contribution in [1.82, 2.24) is 4.90 Å². The first kappa shape index (κ1) is 21.7. The molecule has 0 saturated heterocycles. The van der Waals surface area contributed by atoms with Gasteiger partial charge in [0.1, 0.15) is 11.6 Å². The first-order valence-electron chi connectivity index (χ1n) is 9.90. The van der Waals surface area contributed by atoms with Gasteiger partial charge < -0.3 is 14.4 Å². The Morgan fingerprint density at radius 2 is 1.86 bits per heavy atom. The molecule has 0 N–H and O–H groups in total. The lowest BCUT2D eigenvalue weighted by Crippen LogP contribution is -2.43. The van der Waals surface area contributed by atoms with Gasteiger partial charge >= 0.3 is 0 Å². The van der Waals surface area contributed by atoms with Crippen LogP contribution in [0, 0.1) is 5.82 Å². The average molecular weight is 418 g/mol. The summed E-state index contributed by atoms with van der Waals surface area (Å²) in [4.78, 5) is 14.5. The number of ether oxygens (including phenoxy) is 2. The van der Waals surface area contributed by atoms with Crippen molar-refractivity contribution in [2.24, 2.45) is 0 Å². The van der Waals surface area contributed by atoms with Crippen LogP contribution in [0.2, 0.25) is 0 Å². The standard InChI is InChI=1S/C23H28FNO3S/c1-15(2)25(16(3)4)21(26)14-29-13-19-11-20(24)10-18-12-27-23(28-22(18)19)17-8-6-5-7-9-17/h5-11,15-16,23H,12-14H2,1-4H3/t23-/m1/s1. The molecular formula is C23H28FNO3S. The molecule has 1 heterocycles. The number of halogens is 1. The van der Waals surface area contributed by atoms with E-state index in [2.05, 4.69) is 0 Å². The molecule has 2 aromatic carbocycles. The fourth-order valence-corrected chi connectivity index (χ4v) is 4.51. The lowest BCUT2D eigenvalue weighted by molar-refractivity contribution is -0.131. The van der Waals surface area contributed by atoms with E-state index in [-0.39, 0.29) is 30.4 Å². The molecule has 6 heteroatoms. The van der Waals surface area contributed by atoms with E-state index in [0.29, 0.717) is 22.8 Å². The summed E-state index contributed by atoms with van der Waals surface area (Å²) in [6.07, 6.45) is -0.517. The van der Waals surface area contributed by atoms with Crippen molar-refractivity contribution in [2.45, 2.75) is 58.4 Å². The van der Waals surface area contributed by atoms with Gasteiger partial charge in [0.15, 0.2) is 0 Å². The Hall–Kier alpha value is -2.05. The molecule has 2 aromatic rings. The topological polar surface area (TPSA) is 38.8 Å². The molecule has 0 aliphatic carbocycles. The van der Waals surface area contributed by atoms with Crippen LogP contribution in [0.5, 0.6) is 5.75 Å². The van der Waals surface area contributed by atoms with E-state index in [1.54, 1.807) is 0 Å². The summed E-state index contributed by atoms with van der Waals surface area (Å²) in [6.45, 7) is 8.36. The minimum atomic E-state index is -0.517. The van der Waals surface area contributed by atoms with Crippen LogP contribution >= 0.6 is 11.8 Å². The Balaban J connectivity index is 1.71. The van der Waals surface area contributed by atoms with E-state index < -0.39 is 6.29 Å². The van der Waals surface area contributed by atoms with Crippen molar-refractivity contribution < 1.29 is 18.7 Å². The fourth-order valence-electron chi connectivity index (χ4n) is 3.65. The third-order valence-electron chi connectivity index (χ3n) is 4.78. The van der Waals surface area contributed by atoms with Gasteiger partial charge in [-0.3, -0.25) is 4.79 Å². The SMILES string of the molecule is CC(C)N(C(=O)CSCc1cc(F)cc2c1O[C@H](c1ccccc1)OC2)C(C)C. The van der Waals surface area contributed by atoms with Crippen molar-refractivity contribution in [2.75, 3.05) is 5.75 Å². The van der Waals surface area contributed by atoms with Crippen molar-refractivity contribution in [3.05, 3.63) is 65.0 Å². The maximum atomic E-state index is 14.1. The van der Waals surface area contributed by atoms with Crippen LogP contribution in [0.4, 0.5) is 4.39 Å². The number of nitrogens with zero attached hydrogens (tertiary/aromatic N) is 1. The first-order chi connectivity index (χ1) is 13.9. The monoisotopic (exact) mass is 417 g/mol. The van der Waals surface area contributed by atoms with Gasteiger partial charge in [0.05, 0.1) is 12.4 Å². The van der Waals surface area contributed by atoms with Gasteiger partial charge in [0.25, 0.3) is 0 Å². The maximum absolute atomic E-state index is 14.1. The van der Waals surface area contributed by atoms with Gasteiger partial charge in [0, 0.05) is 34.5 Å². The third-order valence-corrected chi connectivity index (χ3v) is 5.74. The Bertz CT molecular complexity index is 834. The molecule has 0 saturated carbocycles. The molecule has 0 unspecified atom stereocenters. The zero-order valence-corrected chi connectivity index (χ0v) is 18.2. The second kappa shape index (κ2) is 9.63. The van der Waals surface area contributed by atoms with Crippen LogP contribution in [0.25, 0.3) is 0 Å². The van der Waals surface area contributed by atoms with Gasteiger partial charge in [-0.1, -0.05) is 30.3 Å². The number of benzene rings is 2. The number of fused-ring (bicyclic) bond motifs is 1. The Kier molecular flexibility index (Phi) is 7.19. The van der Waals surface area contributed by atoms with Crippen molar-refractivity contribution >= 4 is 17.7 Å². The molecule has 4 nitrogen and oxygen atoms in total. The fraction of sp³-hybridized carbons (Fsp3) is 0.435. The van der Waals surface area contributed by atoms with E-state index in [1.165, 1.54) is 23.9 Å². The average Bonchev–Trinajstić information content (AvgIpc) is 2.67. The van der Waals surface area contributed by atoms with E-state index in [0.717, 1.165) is 11.1 Å². The minimum Gasteiger partial charge on any atom is -0.460 e. The lowest BCUT2D eigenvalue weighted by atomic mass is 10.1. The number of carbonyl (C=O) groups is 1. The van der Waals surface area contributed by atoms with E-state index >= 15 is 0 Å². The molecule has 0 radical (unpaired) electrons. The highest BCUT2D eigenvalue weighted by molar-refractivity contribution is 7.99. The number of thioether (sulfide) groups is 1. The molecule has 1 aliphatic rings. The number of rotatable bonds is 7. The maximum Gasteiger partial charge on any atom is 0.233 e. The molecule has 1 aliphatic heterocycles. The van der Waals surface area contributed by atoms with Crippen molar-refractivity contribution in [3.63, 3.8) is 0 Å². The Morgan fingerprint density at radius 1 is 1.17 bits per heavy atom. The molecule has 0 fully saturated rings. The summed E-state index contributed by atoms with van der Waals surface area (Å²) in [5.41, 5.74) is 2.37. The Morgan fingerprint density at radius 3 is 2.52 bits per heavy atom. The van der Waals surface area contributed by atoms with Gasteiger partial charge in [-0.05, 0) is 39.8 Å². The number of amides is 1. The van der Waals surface area contributed by atoms with Gasteiger partial charge in [-0.15, -0.1) is 11.8 Å². The largest absolute Gasteiger partial charge is 0.460 e. The predicted octanol–water partition coefficient (Wildman–Crippen LogP) is 5.31. The summed E-state index contributed by atoms with van der Waals surface area (Å²) in [6, 6.07) is 12.9. The van der Waals surface area contributed by atoms with E-state index in [4.69, 9.17) is 9.47 Å². The summed E-state index contributed by atoms with van der Waals surface area (Å²) < 4.78 is 26.0. The van der Waals surface area contributed by atoms with Crippen LogP contribution in [-0.4, -0.2) is 28.6 Å². The summed E-state index contributed by atoms with van der Waals surface area (Å²) in [5.74, 6) is 1.28. The molecule has 0 aromatic heterocycles. The number of hydrogen-bond acceptors (Lipinski definition) is 4. The zero-order valence-electron chi connectivity index (χ0n) is 17.4. The molecule has 0 bridgehead atoms. The summed E-state index contributed by atoms with van der Waals surface area (Å²) in [5, 5.41) is 0. The van der Waals surface area contributed by atoms with Gasteiger partial charge in [-0.2, -0.15) is 0 Å². The van der Waals surface area contributed by atoms with Crippen LogP contribution in [0.3, 0.4) is 0 Å². The van der Waals surface area contributed by atoms with E-state index in [1.807, 2.05) is 62.9 Å². The highest BCUT2D eigenvalue weighted by Gasteiger charge is 2.26. The van der Waals surface area contributed by atoms with Gasteiger partial charge in [0.2, 0.25) is 12.2 Å². The highest BCUT2D eigenvalue weighted by atomic mass is 32.2. The first-order valence-corrected chi connectivity index (χ1v) is 11.1. The quantitative estimate of drug-likeness (QED) is 0.612. The molecule has 1 amide bonds. The highest BCUT2D eigenvalue weighted by Crippen LogP contribution is 2.38. The second-order valence-electron chi connectivity index (χ2n) is 7.71. The third kappa shape index (κ3) is 5.31. The normalized spacial score (nSPS) is 15.9. The van der Waals surface area contributed by atoms with Crippen LogP contribution in [0.15, 0.2) is 42.5 Å². The van der Waals surface area contributed by atoms with Crippen LogP contribution in [-0.2, 0) is 21.9 Å². The van der Waals surface area contributed by atoms with Gasteiger partial charge in [-0.25, -0.2) is 4.39 Å². The molecule has 1 atom stereocenters. The predicted molar refractivity (Wildman–Crippen MR) is 114 cm³/mol. The van der Waals surface area contributed by atoms with Crippen molar-refractivity contribution in [3.8, 4) is 5.75 Å². The summed E-state index contributed by atoms with van der Waals surface area (Å²) >= 11 is 1.48. The molecule has 3 rings (SSSR count). The smallest absolute Gasteiger partial charge is 0.233 e. The van der Waals surface area contributed by atoms with E-state index in [9.17, 15) is 9.18 Å².